The SMILES string of the molecule is C=CCOC(=O)[C@@H](N)Cc1c[nH]c2ccccc12.Cl. The Hall–Kier alpha value is -1.78. The smallest absolute Gasteiger partial charge is 0.323 e. The maximum absolute atomic E-state index is 11.6. The zero-order valence-corrected chi connectivity index (χ0v) is 11.3. The lowest BCUT2D eigenvalue weighted by molar-refractivity contribution is -0.143. The number of ether oxygens (including phenoxy) is 1. The van der Waals surface area contributed by atoms with Crippen molar-refractivity contribution in [2.45, 2.75) is 12.5 Å². The number of rotatable bonds is 5. The summed E-state index contributed by atoms with van der Waals surface area (Å²) >= 11 is 0. The Labute approximate surface area is 118 Å². The summed E-state index contributed by atoms with van der Waals surface area (Å²) in [6.07, 6.45) is 3.86. The van der Waals surface area contributed by atoms with Gasteiger partial charge in [0.15, 0.2) is 0 Å². The maximum Gasteiger partial charge on any atom is 0.323 e. The Balaban J connectivity index is 0.00000180. The van der Waals surface area contributed by atoms with Crippen LogP contribution in [0.2, 0.25) is 0 Å². The number of hydrogen-bond donors (Lipinski definition) is 2. The van der Waals surface area contributed by atoms with Crippen molar-refractivity contribution in [3.05, 3.63) is 48.7 Å². The number of hydrogen-bond acceptors (Lipinski definition) is 3. The van der Waals surface area contributed by atoms with Crippen LogP contribution >= 0.6 is 12.4 Å². The molecule has 102 valence electrons. The summed E-state index contributed by atoms with van der Waals surface area (Å²) in [5, 5.41) is 1.09. The fraction of sp³-hybridized carbons (Fsp3) is 0.214. The van der Waals surface area contributed by atoms with Crippen LogP contribution < -0.4 is 5.73 Å². The molecule has 0 unspecified atom stereocenters. The third-order valence-corrected chi connectivity index (χ3v) is 2.76. The summed E-state index contributed by atoms with van der Waals surface area (Å²) in [5.74, 6) is -0.403. The van der Waals surface area contributed by atoms with Crippen LogP contribution in [0.15, 0.2) is 43.1 Å². The fourth-order valence-electron chi connectivity index (χ4n) is 1.87. The molecule has 2 aromatic rings. The number of esters is 1. The van der Waals surface area contributed by atoms with E-state index in [4.69, 9.17) is 10.5 Å². The van der Waals surface area contributed by atoms with Gasteiger partial charge in [-0.15, -0.1) is 12.4 Å². The molecule has 0 bridgehead atoms. The quantitative estimate of drug-likeness (QED) is 0.652. The third-order valence-electron chi connectivity index (χ3n) is 2.76. The number of aromatic nitrogens is 1. The van der Waals surface area contributed by atoms with Crippen LogP contribution in [0.25, 0.3) is 10.9 Å². The van der Waals surface area contributed by atoms with Gasteiger partial charge in [-0.2, -0.15) is 0 Å². The molecule has 2 rings (SSSR count). The highest BCUT2D eigenvalue weighted by Crippen LogP contribution is 2.18. The van der Waals surface area contributed by atoms with Gasteiger partial charge in [-0.1, -0.05) is 30.9 Å². The first kappa shape index (κ1) is 15.3. The lowest BCUT2D eigenvalue weighted by Crippen LogP contribution is -2.34. The summed E-state index contributed by atoms with van der Waals surface area (Å²) in [5.41, 5.74) is 7.88. The second-order valence-electron chi connectivity index (χ2n) is 4.09. The normalized spacial score (nSPS) is 11.6. The van der Waals surface area contributed by atoms with Crippen LogP contribution in [0.5, 0.6) is 0 Å². The molecule has 0 spiro atoms. The third kappa shape index (κ3) is 3.59. The maximum atomic E-state index is 11.6. The molecule has 1 aromatic heterocycles. The van der Waals surface area contributed by atoms with E-state index in [2.05, 4.69) is 11.6 Å². The van der Waals surface area contributed by atoms with E-state index >= 15 is 0 Å². The van der Waals surface area contributed by atoms with Gasteiger partial charge in [0.05, 0.1) is 0 Å². The molecule has 0 aliphatic carbocycles. The molecule has 0 saturated carbocycles. The van der Waals surface area contributed by atoms with Crippen LogP contribution in [-0.4, -0.2) is 23.6 Å². The molecule has 5 heteroatoms. The van der Waals surface area contributed by atoms with E-state index in [1.807, 2.05) is 30.5 Å². The Morgan fingerprint density at radius 2 is 2.21 bits per heavy atom. The lowest BCUT2D eigenvalue weighted by Gasteiger charge is -2.09. The van der Waals surface area contributed by atoms with Crippen LogP contribution in [0.4, 0.5) is 0 Å². The van der Waals surface area contributed by atoms with Gasteiger partial charge in [0.25, 0.3) is 0 Å². The molecule has 1 aromatic carbocycles. The minimum Gasteiger partial charge on any atom is -0.460 e. The molecule has 1 atom stereocenters. The highest BCUT2D eigenvalue weighted by Gasteiger charge is 2.16. The number of para-hydroxylation sites is 1. The highest BCUT2D eigenvalue weighted by molar-refractivity contribution is 5.85. The average molecular weight is 281 g/mol. The Bertz CT molecular complexity index is 565. The minimum atomic E-state index is -0.649. The van der Waals surface area contributed by atoms with Crippen molar-refractivity contribution in [2.75, 3.05) is 6.61 Å². The van der Waals surface area contributed by atoms with Crippen LogP contribution in [-0.2, 0) is 16.0 Å². The fourth-order valence-corrected chi connectivity index (χ4v) is 1.87. The first-order valence-electron chi connectivity index (χ1n) is 5.80. The van der Waals surface area contributed by atoms with E-state index in [0.717, 1.165) is 16.5 Å². The summed E-state index contributed by atoms with van der Waals surface area (Å²) in [6.45, 7) is 3.68. The monoisotopic (exact) mass is 280 g/mol. The van der Waals surface area contributed by atoms with Gasteiger partial charge in [-0.05, 0) is 11.6 Å². The number of H-pyrrole nitrogens is 1. The van der Waals surface area contributed by atoms with Crippen molar-refractivity contribution in [3.8, 4) is 0 Å². The topological polar surface area (TPSA) is 68.1 Å². The van der Waals surface area contributed by atoms with E-state index in [1.165, 1.54) is 6.08 Å². The highest BCUT2D eigenvalue weighted by atomic mass is 35.5. The molecular formula is C14H17ClN2O2. The van der Waals surface area contributed by atoms with Crippen molar-refractivity contribution in [3.63, 3.8) is 0 Å². The first-order chi connectivity index (χ1) is 8.72. The van der Waals surface area contributed by atoms with Gasteiger partial charge in [0.1, 0.15) is 12.6 Å². The van der Waals surface area contributed by atoms with Crippen LogP contribution in [0, 0.1) is 0 Å². The summed E-state index contributed by atoms with van der Waals surface area (Å²) in [6, 6.07) is 7.26. The molecule has 0 fully saturated rings. The number of carbonyl (C=O) groups is 1. The van der Waals surface area contributed by atoms with Crippen molar-refractivity contribution in [2.24, 2.45) is 5.73 Å². The Kier molecular flexibility index (Phi) is 5.60. The first-order valence-corrected chi connectivity index (χ1v) is 5.80. The summed E-state index contributed by atoms with van der Waals surface area (Å²) in [4.78, 5) is 14.7. The molecule has 0 aliphatic rings. The number of aromatic amines is 1. The number of nitrogens with one attached hydrogen (secondary N) is 1. The number of fused-ring (bicyclic) bond motifs is 1. The van der Waals surface area contributed by atoms with Gasteiger partial charge < -0.3 is 15.5 Å². The molecule has 0 radical (unpaired) electrons. The van der Waals surface area contributed by atoms with Gasteiger partial charge >= 0.3 is 5.97 Å². The molecule has 0 aliphatic heterocycles. The van der Waals surface area contributed by atoms with Crippen molar-refractivity contribution >= 4 is 29.3 Å². The van der Waals surface area contributed by atoms with Crippen LogP contribution in [0.1, 0.15) is 5.56 Å². The molecule has 0 amide bonds. The molecule has 4 nitrogen and oxygen atoms in total. The van der Waals surface area contributed by atoms with Crippen molar-refractivity contribution in [1.29, 1.82) is 0 Å². The van der Waals surface area contributed by atoms with Gasteiger partial charge in [-0.25, -0.2) is 0 Å². The second-order valence-corrected chi connectivity index (χ2v) is 4.09. The average Bonchev–Trinajstić information content (AvgIpc) is 2.79. The van der Waals surface area contributed by atoms with Crippen molar-refractivity contribution < 1.29 is 9.53 Å². The van der Waals surface area contributed by atoms with E-state index in [-0.39, 0.29) is 19.0 Å². The molecule has 19 heavy (non-hydrogen) atoms. The standard InChI is InChI=1S/C14H16N2O2.ClH/c1-2-7-18-14(17)12(15)8-10-9-16-13-6-4-3-5-11(10)13;/h2-6,9,12,16H,1,7-8,15H2;1H/t12-;/m0./s1. The minimum absolute atomic E-state index is 0. The van der Waals surface area contributed by atoms with Crippen LogP contribution in [0.3, 0.4) is 0 Å². The van der Waals surface area contributed by atoms with Gasteiger partial charge in [0.2, 0.25) is 0 Å². The zero-order valence-electron chi connectivity index (χ0n) is 10.5. The largest absolute Gasteiger partial charge is 0.460 e. The number of carbonyl (C=O) groups excluding carboxylic acids is 1. The predicted octanol–water partition coefficient (Wildman–Crippen LogP) is 2.19. The van der Waals surface area contributed by atoms with E-state index < -0.39 is 12.0 Å². The summed E-state index contributed by atoms with van der Waals surface area (Å²) < 4.78 is 4.92. The Morgan fingerprint density at radius 1 is 1.47 bits per heavy atom. The van der Waals surface area contributed by atoms with E-state index in [9.17, 15) is 4.79 Å². The zero-order chi connectivity index (χ0) is 13.0. The predicted molar refractivity (Wildman–Crippen MR) is 78.4 cm³/mol. The molecule has 3 N–H and O–H groups in total. The number of halogens is 1. The second kappa shape index (κ2) is 6.97. The van der Waals surface area contributed by atoms with E-state index in [1.54, 1.807) is 0 Å². The number of benzene rings is 1. The van der Waals surface area contributed by atoms with Gasteiger partial charge in [-0.3, -0.25) is 4.79 Å². The number of nitrogens with two attached hydrogens (primary N) is 1. The lowest BCUT2D eigenvalue weighted by atomic mass is 10.1. The molecule has 1 heterocycles. The Morgan fingerprint density at radius 3 is 2.95 bits per heavy atom. The van der Waals surface area contributed by atoms with E-state index in [0.29, 0.717) is 6.42 Å². The van der Waals surface area contributed by atoms with Gasteiger partial charge in [0, 0.05) is 23.5 Å². The summed E-state index contributed by atoms with van der Waals surface area (Å²) in [7, 11) is 0. The van der Waals surface area contributed by atoms with Crippen molar-refractivity contribution in [1.82, 2.24) is 4.98 Å². The molecular weight excluding hydrogens is 264 g/mol. The molecule has 0 saturated heterocycles.